The fourth-order valence-corrected chi connectivity index (χ4v) is 2.80. The molecule has 2 rings (SSSR count). The second-order valence-electron chi connectivity index (χ2n) is 4.91. The summed E-state index contributed by atoms with van der Waals surface area (Å²) in [5.74, 6) is -0.175. The molecule has 0 fully saturated rings. The molecule has 1 heterocycles. The summed E-state index contributed by atoms with van der Waals surface area (Å²) in [6, 6.07) is 6.08. The highest BCUT2D eigenvalue weighted by molar-refractivity contribution is 7.99. The maximum atomic E-state index is 10.7. The molecule has 0 bridgehead atoms. The standard InChI is InChI=1S/C14H18N4O2S/c1-9-5-6-11(7-12(9)17(3)4)18-10(2)15-16-14(18)21-8-13(19)20/h5-7H,8H2,1-4H3,(H,19,20). The summed E-state index contributed by atoms with van der Waals surface area (Å²) < 4.78 is 1.88. The van der Waals surface area contributed by atoms with Gasteiger partial charge in [0.1, 0.15) is 5.82 Å². The molecule has 0 saturated heterocycles. The molecule has 0 unspecified atom stereocenters. The van der Waals surface area contributed by atoms with E-state index in [1.165, 1.54) is 17.3 Å². The molecule has 0 aliphatic heterocycles. The summed E-state index contributed by atoms with van der Waals surface area (Å²) in [6.07, 6.45) is 0. The Morgan fingerprint density at radius 1 is 1.33 bits per heavy atom. The highest BCUT2D eigenvalue weighted by atomic mass is 32.2. The van der Waals surface area contributed by atoms with Crippen LogP contribution in [0.5, 0.6) is 0 Å². The number of anilines is 1. The van der Waals surface area contributed by atoms with Crippen LogP contribution in [0, 0.1) is 13.8 Å². The lowest BCUT2D eigenvalue weighted by atomic mass is 10.1. The van der Waals surface area contributed by atoms with E-state index in [-0.39, 0.29) is 5.75 Å². The number of thioether (sulfide) groups is 1. The van der Waals surface area contributed by atoms with Gasteiger partial charge in [-0.3, -0.25) is 9.36 Å². The molecule has 112 valence electrons. The molecule has 0 aliphatic rings. The minimum atomic E-state index is -0.870. The first-order valence-corrected chi connectivity index (χ1v) is 7.43. The Morgan fingerprint density at radius 3 is 2.67 bits per heavy atom. The van der Waals surface area contributed by atoms with Crippen LogP contribution in [0.4, 0.5) is 5.69 Å². The maximum Gasteiger partial charge on any atom is 0.313 e. The van der Waals surface area contributed by atoms with Crippen LogP contribution < -0.4 is 4.90 Å². The monoisotopic (exact) mass is 306 g/mol. The molecule has 2 aromatic rings. The SMILES string of the molecule is Cc1ccc(-n2c(C)nnc2SCC(=O)O)cc1N(C)C. The van der Waals surface area contributed by atoms with Gasteiger partial charge in [-0.2, -0.15) is 0 Å². The number of nitrogens with zero attached hydrogens (tertiary/aromatic N) is 4. The number of carboxylic acid groups (broad SMARTS) is 1. The zero-order valence-electron chi connectivity index (χ0n) is 12.5. The van der Waals surface area contributed by atoms with Gasteiger partial charge in [-0.15, -0.1) is 10.2 Å². The Balaban J connectivity index is 2.44. The first-order chi connectivity index (χ1) is 9.90. The summed E-state index contributed by atoms with van der Waals surface area (Å²) in [5.41, 5.74) is 3.21. The minimum absolute atomic E-state index is 0.0372. The Morgan fingerprint density at radius 2 is 2.05 bits per heavy atom. The van der Waals surface area contributed by atoms with Crippen molar-refractivity contribution in [2.45, 2.75) is 19.0 Å². The molecule has 6 nitrogen and oxygen atoms in total. The number of aryl methyl sites for hydroxylation is 2. The second kappa shape index (κ2) is 6.17. The molecule has 1 aromatic heterocycles. The van der Waals surface area contributed by atoms with Crippen LogP contribution in [0.25, 0.3) is 5.69 Å². The molecule has 0 spiro atoms. The van der Waals surface area contributed by atoms with Crippen LogP contribution in [0.15, 0.2) is 23.4 Å². The van der Waals surface area contributed by atoms with Crippen molar-refractivity contribution in [2.24, 2.45) is 0 Å². The minimum Gasteiger partial charge on any atom is -0.481 e. The van der Waals surface area contributed by atoms with E-state index in [1.54, 1.807) is 0 Å². The van der Waals surface area contributed by atoms with Gasteiger partial charge in [0.15, 0.2) is 5.16 Å². The molecule has 0 saturated carbocycles. The van der Waals surface area contributed by atoms with Crippen molar-refractivity contribution in [2.75, 3.05) is 24.7 Å². The fraction of sp³-hybridized carbons (Fsp3) is 0.357. The number of carbonyl (C=O) groups is 1. The number of carboxylic acids is 1. The topological polar surface area (TPSA) is 71.2 Å². The first-order valence-electron chi connectivity index (χ1n) is 6.45. The van der Waals surface area contributed by atoms with Crippen LogP contribution in [0.1, 0.15) is 11.4 Å². The fourth-order valence-electron chi connectivity index (χ4n) is 2.08. The van der Waals surface area contributed by atoms with Gasteiger partial charge in [0.25, 0.3) is 0 Å². The molecule has 0 atom stereocenters. The van der Waals surface area contributed by atoms with E-state index < -0.39 is 5.97 Å². The second-order valence-corrected chi connectivity index (χ2v) is 5.86. The van der Waals surface area contributed by atoms with Crippen LogP contribution in [0.3, 0.4) is 0 Å². The van der Waals surface area contributed by atoms with Gasteiger partial charge < -0.3 is 10.0 Å². The lowest BCUT2D eigenvalue weighted by Crippen LogP contribution is -2.11. The van der Waals surface area contributed by atoms with E-state index in [4.69, 9.17) is 5.11 Å². The van der Waals surface area contributed by atoms with Gasteiger partial charge in [0.05, 0.1) is 11.4 Å². The Hall–Kier alpha value is -2.02. The van der Waals surface area contributed by atoms with Gasteiger partial charge >= 0.3 is 5.97 Å². The normalized spacial score (nSPS) is 10.7. The molecule has 7 heteroatoms. The number of rotatable bonds is 5. The Kier molecular flexibility index (Phi) is 4.52. The van der Waals surface area contributed by atoms with Crippen LogP contribution >= 0.6 is 11.8 Å². The predicted molar refractivity (Wildman–Crippen MR) is 83.5 cm³/mol. The smallest absolute Gasteiger partial charge is 0.313 e. The van der Waals surface area contributed by atoms with Crippen molar-refractivity contribution in [3.05, 3.63) is 29.6 Å². The third-order valence-electron chi connectivity index (χ3n) is 3.05. The summed E-state index contributed by atoms with van der Waals surface area (Å²) in [6.45, 7) is 3.91. The Bertz CT molecular complexity index is 667. The summed E-state index contributed by atoms with van der Waals surface area (Å²) >= 11 is 1.17. The third kappa shape index (κ3) is 3.36. The number of benzene rings is 1. The molecule has 1 N–H and O–H groups in total. The van der Waals surface area contributed by atoms with Crippen LogP contribution in [-0.2, 0) is 4.79 Å². The molecular formula is C14H18N4O2S. The van der Waals surface area contributed by atoms with Crippen LogP contribution in [0.2, 0.25) is 0 Å². The molecule has 0 radical (unpaired) electrons. The number of hydrogen-bond acceptors (Lipinski definition) is 5. The van der Waals surface area contributed by atoms with Gasteiger partial charge in [-0.05, 0) is 31.5 Å². The summed E-state index contributed by atoms with van der Waals surface area (Å²) in [5, 5.41) is 17.5. The average Bonchev–Trinajstić information content (AvgIpc) is 2.78. The van der Waals surface area contributed by atoms with Crippen molar-refractivity contribution >= 4 is 23.4 Å². The van der Waals surface area contributed by atoms with E-state index in [9.17, 15) is 4.79 Å². The van der Waals surface area contributed by atoms with Crippen molar-refractivity contribution in [1.82, 2.24) is 14.8 Å². The lowest BCUT2D eigenvalue weighted by Gasteiger charge is -2.18. The quantitative estimate of drug-likeness (QED) is 0.853. The zero-order chi connectivity index (χ0) is 15.6. The van der Waals surface area contributed by atoms with E-state index in [2.05, 4.69) is 23.2 Å². The van der Waals surface area contributed by atoms with Crippen molar-refractivity contribution in [3.63, 3.8) is 0 Å². The van der Waals surface area contributed by atoms with Crippen molar-refractivity contribution in [3.8, 4) is 5.69 Å². The molecular weight excluding hydrogens is 288 g/mol. The molecule has 0 amide bonds. The van der Waals surface area contributed by atoms with E-state index in [0.29, 0.717) is 5.16 Å². The third-order valence-corrected chi connectivity index (χ3v) is 3.97. The first kappa shape index (κ1) is 15.4. The van der Waals surface area contributed by atoms with E-state index >= 15 is 0 Å². The molecule has 21 heavy (non-hydrogen) atoms. The molecule has 0 aliphatic carbocycles. The molecule has 1 aromatic carbocycles. The van der Waals surface area contributed by atoms with Gasteiger partial charge in [-0.1, -0.05) is 17.8 Å². The number of aliphatic carboxylic acids is 1. The van der Waals surface area contributed by atoms with E-state index in [1.807, 2.05) is 42.6 Å². The summed E-state index contributed by atoms with van der Waals surface area (Å²) in [4.78, 5) is 12.8. The zero-order valence-corrected chi connectivity index (χ0v) is 13.3. The van der Waals surface area contributed by atoms with Crippen LogP contribution in [-0.4, -0.2) is 45.7 Å². The highest BCUT2D eigenvalue weighted by Crippen LogP contribution is 2.26. The lowest BCUT2D eigenvalue weighted by molar-refractivity contribution is -0.133. The number of hydrogen-bond donors (Lipinski definition) is 1. The van der Waals surface area contributed by atoms with Gasteiger partial charge in [-0.25, -0.2) is 0 Å². The van der Waals surface area contributed by atoms with Gasteiger partial charge in [0, 0.05) is 19.8 Å². The highest BCUT2D eigenvalue weighted by Gasteiger charge is 2.14. The summed E-state index contributed by atoms with van der Waals surface area (Å²) in [7, 11) is 3.98. The largest absolute Gasteiger partial charge is 0.481 e. The Labute approximate surface area is 127 Å². The van der Waals surface area contributed by atoms with E-state index in [0.717, 1.165) is 17.2 Å². The number of aromatic nitrogens is 3. The van der Waals surface area contributed by atoms with Gasteiger partial charge in [0.2, 0.25) is 0 Å². The maximum absolute atomic E-state index is 10.7. The van der Waals surface area contributed by atoms with Crippen molar-refractivity contribution < 1.29 is 9.90 Å². The average molecular weight is 306 g/mol. The predicted octanol–water partition coefficient (Wildman–Crippen LogP) is 2.13. The van der Waals surface area contributed by atoms with Crippen molar-refractivity contribution in [1.29, 1.82) is 0 Å².